The van der Waals surface area contributed by atoms with Gasteiger partial charge in [0.1, 0.15) is 0 Å². The highest BCUT2D eigenvalue weighted by Gasteiger charge is 2.41. The third kappa shape index (κ3) is 6.69. The number of nitrogens with two attached hydrogens (primary N) is 1. The average Bonchev–Trinajstić information content (AvgIpc) is 2.96. The predicted molar refractivity (Wildman–Crippen MR) is 155 cm³/mol. The Labute approximate surface area is 233 Å². The molecule has 4 atom stereocenters. The lowest BCUT2D eigenvalue weighted by atomic mass is 9.84. The maximum absolute atomic E-state index is 11.4. The number of hydrogen-bond acceptors (Lipinski definition) is 6. The summed E-state index contributed by atoms with van der Waals surface area (Å²) in [6.45, 7) is 1.49. The number of hydrogen-bond donors (Lipinski definition) is 3. The van der Waals surface area contributed by atoms with Gasteiger partial charge in [-0.25, -0.2) is 0 Å². The van der Waals surface area contributed by atoms with Crippen LogP contribution in [0.4, 0.5) is 11.4 Å². The number of carbonyl (C=O) groups is 1. The first-order chi connectivity index (χ1) is 19.0. The van der Waals surface area contributed by atoms with E-state index < -0.39 is 6.29 Å². The van der Waals surface area contributed by atoms with Gasteiger partial charge < -0.3 is 25.6 Å². The third-order valence-electron chi connectivity index (χ3n) is 6.74. The van der Waals surface area contributed by atoms with E-state index in [9.17, 15) is 9.90 Å². The maximum Gasteiger partial charge on any atom is 0.221 e. The van der Waals surface area contributed by atoms with Crippen LogP contribution in [0, 0.1) is 0 Å². The number of aliphatic hydroxyl groups excluding tert-OH is 1. The summed E-state index contributed by atoms with van der Waals surface area (Å²) in [6.07, 6.45) is -1.06. The van der Waals surface area contributed by atoms with Gasteiger partial charge in [0.05, 0.1) is 18.8 Å². The highest BCUT2D eigenvalue weighted by molar-refractivity contribution is 7.99. The molecule has 200 valence electrons. The predicted octanol–water partition coefficient (Wildman–Crippen LogP) is 6.45. The highest BCUT2D eigenvalue weighted by Crippen LogP contribution is 2.48. The van der Waals surface area contributed by atoms with Crippen LogP contribution < -0.4 is 11.1 Å². The first-order valence-corrected chi connectivity index (χ1v) is 13.9. The van der Waals surface area contributed by atoms with Crippen LogP contribution in [0.25, 0.3) is 0 Å². The van der Waals surface area contributed by atoms with E-state index in [0.29, 0.717) is 11.4 Å². The largest absolute Gasteiger partial charge is 0.399 e. The highest BCUT2D eigenvalue weighted by atomic mass is 32.2. The van der Waals surface area contributed by atoms with E-state index in [4.69, 9.17) is 15.2 Å². The molecule has 1 heterocycles. The second-order valence-corrected chi connectivity index (χ2v) is 10.7. The van der Waals surface area contributed by atoms with E-state index in [1.54, 1.807) is 11.8 Å². The van der Waals surface area contributed by atoms with Gasteiger partial charge in [-0.2, -0.15) is 0 Å². The first kappa shape index (κ1) is 27.0. The van der Waals surface area contributed by atoms with Crippen LogP contribution in [0.5, 0.6) is 0 Å². The molecule has 5 rings (SSSR count). The Morgan fingerprint density at radius 3 is 2.26 bits per heavy atom. The molecule has 7 heteroatoms. The molecule has 4 N–H and O–H groups in total. The van der Waals surface area contributed by atoms with E-state index >= 15 is 0 Å². The zero-order chi connectivity index (χ0) is 27.2. The van der Waals surface area contributed by atoms with E-state index in [1.807, 2.05) is 91.0 Å². The molecule has 1 unspecified atom stereocenters. The monoisotopic (exact) mass is 540 g/mol. The summed E-state index contributed by atoms with van der Waals surface area (Å²) < 4.78 is 13.4. The second-order valence-electron chi connectivity index (χ2n) is 9.59. The molecule has 1 saturated heterocycles. The molecule has 0 bridgehead atoms. The van der Waals surface area contributed by atoms with Crippen LogP contribution in [0.15, 0.2) is 108 Å². The molecule has 4 aromatic rings. The number of amides is 1. The first-order valence-electron chi connectivity index (χ1n) is 12.9. The number of aliphatic hydroxyl groups is 1. The smallest absolute Gasteiger partial charge is 0.221 e. The Morgan fingerprint density at radius 2 is 1.59 bits per heavy atom. The molecule has 0 saturated carbocycles. The summed E-state index contributed by atoms with van der Waals surface area (Å²) in [5.74, 6) is 0.518. The zero-order valence-electron chi connectivity index (χ0n) is 21.7. The zero-order valence-corrected chi connectivity index (χ0v) is 22.5. The quantitative estimate of drug-likeness (QED) is 0.176. The van der Waals surface area contributed by atoms with Gasteiger partial charge in [-0.1, -0.05) is 66.7 Å². The van der Waals surface area contributed by atoms with Crippen molar-refractivity contribution in [2.75, 3.05) is 16.8 Å². The Hall–Kier alpha value is -3.62. The molecule has 0 aliphatic carbocycles. The molecule has 39 heavy (non-hydrogen) atoms. The molecular formula is C32H32N2O4S. The van der Waals surface area contributed by atoms with Gasteiger partial charge in [0.25, 0.3) is 0 Å². The number of benzene rings is 4. The molecule has 0 aromatic heterocycles. The Bertz CT molecular complexity index is 1380. The van der Waals surface area contributed by atoms with E-state index in [1.165, 1.54) is 6.92 Å². The topological polar surface area (TPSA) is 93.8 Å². The van der Waals surface area contributed by atoms with E-state index in [0.717, 1.165) is 32.8 Å². The van der Waals surface area contributed by atoms with Crippen molar-refractivity contribution in [1.29, 1.82) is 0 Å². The minimum Gasteiger partial charge on any atom is -0.399 e. The normalized spacial score (nSPS) is 20.9. The number of ether oxygens (including phenoxy) is 2. The van der Waals surface area contributed by atoms with Gasteiger partial charge in [0.2, 0.25) is 5.91 Å². The minimum atomic E-state index is -0.594. The van der Waals surface area contributed by atoms with Crippen LogP contribution in [-0.4, -0.2) is 22.9 Å². The lowest BCUT2D eigenvalue weighted by molar-refractivity contribution is -0.255. The lowest BCUT2D eigenvalue weighted by Gasteiger charge is -2.43. The summed E-state index contributed by atoms with van der Waals surface area (Å²) in [7, 11) is 0. The third-order valence-corrected chi connectivity index (χ3v) is 7.84. The van der Waals surface area contributed by atoms with Gasteiger partial charge in [0, 0.05) is 40.4 Å². The van der Waals surface area contributed by atoms with Gasteiger partial charge in [0.15, 0.2) is 6.29 Å². The fourth-order valence-electron chi connectivity index (χ4n) is 4.87. The molecule has 4 aromatic carbocycles. The number of nitrogens with one attached hydrogen (secondary N) is 1. The van der Waals surface area contributed by atoms with E-state index in [-0.39, 0.29) is 30.6 Å². The van der Waals surface area contributed by atoms with Crippen molar-refractivity contribution in [3.8, 4) is 0 Å². The van der Waals surface area contributed by atoms with Crippen LogP contribution in [0.2, 0.25) is 0 Å². The molecule has 1 amide bonds. The number of nitrogen functional groups attached to an aromatic ring is 1. The van der Waals surface area contributed by atoms with Crippen molar-refractivity contribution in [2.24, 2.45) is 0 Å². The Morgan fingerprint density at radius 1 is 0.872 bits per heavy atom. The Balaban J connectivity index is 1.48. The fourth-order valence-corrected chi connectivity index (χ4v) is 5.84. The molecule has 6 nitrogen and oxygen atoms in total. The van der Waals surface area contributed by atoms with Gasteiger partial charge in [-0.15, -0.1) is 11.8 Å². The number of anilines is 2. The molecule has 0 radical (unpaired) electrons. The van der Waals surface area contributed by atoms with Crippen LogP contribution in [-0.2, 0) is 20.9 Å². The molecular weight excluding hydrogens is 508 g/mol. The molecule has 1 aliphatic heterocycles. The number of carbonyl (C=O) groups excluding carboxylic acids is 1. The van der Waals surface area contributed by atoms with Crippen molar-refractivity contribution in [1.82, 2.24) is 0 Å². The summed E-state index contributed by atoms with van der Waals surface area (Å²) in [4.78, 5) is 12.5. The molecule has 1 aliphatic rings. The molecule has 0 spiro atoms. The summed E-state index contributed by atoms with van der Waals surface area (Å²) in [6, 6.07) is 33.7. The van der Waals surface area contributed by atoms with Gasteiger partial charge >= 0.3 is 0 Å². The maximum atomic E-state index is 11.4. The Kier molecular flexibility index (Phi) is 8.64. The fraction of sp³-hybridized carbons (Fsp3) is 0.219. The van der Waals surface area contributed by atoms with Crippen LogP contribution >= 0.6 is 11.8 Å². The van der Waals surface area contributed by atoms with E-state index in [2.05, 4.69) is 17.4 Å². The number of rotatable bonds is 8. The SMILES string of the molecule is CC(=O)Nc1ccc(SC[C@H]2OC(c3cccc(N)c3)O[C@@H](c3ccc(CO)cc3)[C@@H]2c2ccccc2)cc1. The van der Waals surface area contributed by atoms with Crippen LogP contribution in [0.3, 0.4) is 0 Å². The van der Waals surface area contributed by atoms with Crippen molar-refractivity contribution < 1.29 is 19.4 Å². The minimum absolute atomic E-state index is 0.0110. The standard InChI is InChI=1S/C32H32N2O4S/c1-21(36)34-27-14-16-28(17-15-27)39-20-29-30(23-6-3-2-4-7-23)31(24-12-10-22(19-35)11-13-24)38-32(37-29)25-8-5-9-26(33)18-25/h2-18,29-32,35H,19-20,33H2,1H3,(H,34,36)/t29-,30-,31+,32?/m1/s1. The van der Waals surface area contributed by atoms with Crippen molar-refractivity contribution in [2.45, 2.75) is 42.8 Å². The average molecular weight is 541 g/mol. The van der Waals surface area contributed by atoms with Gasteiger partial charge in [-0.05, 0) is 53.1 Å². The van der Waals surface area contributed by atoms with Crippen molar-refractivity contribution in [3.63, 3.8) is 0 Å². The van der Waals surface area contributed by atoms with Crippen molar-refractivity contribution >= 4 is 29.0 Å². The summed E-state index contributed by atoms with van der Waals surface area (Å²) in [5.41, 5.74) is 11.4. The number of thioether (sulfide) groups is 1. The second kappa shape index (κ2) is 12.5. The molecule has 1 fully saturated rings. The van der Waals surface area contributed by atoms with Crippen molar-refractivity contribution in [3.05, 3.63) is 125 Å². The summed E-state index contributed by atoms with van der Waals surface area (Å²) in [5, 5.41) is 12.4. The van der Waals surface area contributed by atoms with Gasteiger partial charge in [-0.3, -0.25) is 4.79 Å². The lowest BCUT2D eigenvalue weighted by Crippen LogP contribution is -2.38. The van der Waals surface area contributed by atoms with Crippen LogP contribution in [0.1, 0.15) is 47.5 Å². The summed E-state index contributed by atoms with van der Waals surface area (Å²) >= 11 is 1.71.